The topological polar surface area (TPSA) is 38.8 Å². The quantitative estimate of drug-likeness (QED) is 0.705. The molecule has 2 saturated heterocycles. The third-order valence-corrected chi connectivity index (χ3v) is 6.55. The van der Waals surface area contributed by atoms with Crippen LogP contribution >= 0.6 is 0 Å². The summed E-state index contributed by atoms with van der Waals surface area (Å²) in [5, 5.41) is 0. The molecule has 5 heteroatoms. The molecule has 1 aliphatic carbocycles. The van der Waals surface area contributed by atoms with Gasteiger partial charge in [-0.25, -0.2) is 4.39 Å². The van der Waals surface area contributed by atoms with E-state index in [9.17, 15) is 9.18 Å². The highest BCUT2D eigenvalue weighted by Crippen LogP contribution is 2.39. The number of benzene rings is 1. The van der Waals surface area contributed by atoms with Crippen molar-refractivity contribution in [2.45, 2.75) is 50.5 Å². The lowest BCUT2D eigenvalue weighted by molar-refractivity contribution is -0.150. The second-order valence-electron chi connectivity index (χ2n) is 8.45. The van der Waals surface area contributed by atoms with E-state index in [2.05, 4.69) is 12.2 Å². The predicted molar refractivity (Wildman–Crippen MR) is 106 cm³/mol. The van der Waals surface area contributed by atoms with Crippen LogP contribution in [0, 0.1) is 17.7 Å². The maximum absolute atomic E-state index is 13.0. The summed E-state index contributed by atoms with van der Waals surface area (Å²) in [5.74, 6) is 1.54. The minimum Gasteiger partial charge on any atom is -0.494 e. The van der Waals surface area contributed by atoms with E-state index in [1.54, 1.807) is 12.1 Å². The van der Waals surface area contributed by atoms with Gasteiger partial charge in [-0.05, 0) is 75.1 Å². The Morgan fingerprint density at radius 1 is 1.18 bits per heavy atom. The average molecular weight is 387 g/mol. The summed E-state index contributed by atoms with van der Waals surface area (Å²) < 4.78 is 25.0. The number of likely N-dealkylation sites (tertiary alicyclic amines) is 1. The summed E-state index contributed by atoms with van der Waals surface area (Å²) in [6.45, 7) is 3.07. The van der Waals surface area contributed by atoms with Gasteiger partial charge in [0.15, 0.2) is 0 Å². The highest BCUT2D eigenvalue weighted by molar-refractivity contribution is 5.79. The molecule has 2 heterocycles. The van der Waals surface area contributed by atoms with Crippen molar-refractivity contribution in [1.82, 2.24) is 4.90 Å². The molecule has 0 bridgehead atoms. The first-order valence-electron chi connectivity index (χ1n) is 10.6. The summed E-state index contributed by atoms with van der Waals surface area (Å²) in [4.78, 5) is 14.7. The smallest absolute Gasteiger partial charge is 0.226 e. The lowest BCUT2D eigenvalue weighted by Gasteiger charge is -2.46. The number of piperidine rings is 1. The van der Waals surface area contributed by atoms with Gasteiger partial charge in [-0.2, -0.15) is 0 Å². The van der Waals surface area contributed by atoms with E-state index in [1.807, 2.05) is 4.90 Å². The number of allylic oxidation sites excluding steroid dienone is 2. The van der Waals surface area contributed by atoms with Gasteiger partial charge in [-0.1, -0.05) is 12.2 Å². The van der Waals surface area contributed by atoms with Gasteiger partial charge in [-0.3, -0.25) is 4.79 Å². The number of nitrogens with zero attached hydrogens (tertiary/aromatic N) is 1. The lowest BCUT2D eigenvalue weighted by Crippen LogP contribution is -2.51. The van der Waals surface area contributed by atoms with Crippen LogP contribution in [0.15, 0.2) is 36.4 Å². The Kier molecular flexibility index (Phi) is 6.00. The van der Waals surface area contributed by atoms with Crippen molar-refractivity contribution in [3.63, 3.8) is 0 Å². The number of amides is 1. The number of hydrogen-bond donors (Lipinski definition) is 0. The van der Waals surface area contributed by atoms with Crippen molar-refractivity contribution in [1.29, 1.82) is 0 Å². The number of halogens is 1. The molecule has 1 aromatic rings. The summed E-state index contributed by atoms with van der Waals surface area (Å²) in [6.07, 6.45) is 11.0. The normalized spacial score (nSPS) is 24.6. The highest BCUT2D eigenvalue weighted by Gasteiger charge is 2.41. The van der Waals surface area contributed by atoms with Crippen LogP contribution in [-0.4, -0.2) is 42.7 Å². The summed E-state index contributed by atoms with van der Waals surface area (Å²) in [5.41, 5.74) is -0.0660. The van der Waals surface area contributed by atoms with E-state index in [0.717, 1.165) is 70.4 Å². The molecule has 4 nitrogen and oxygen atoms in total. The third kappa shape index (κ3) is 4.57. The predicted octanol–water partition coefficient (Wildman–Crippen LogP) is 4.35. The van der Waals surface area contributed by atoms with Crippen LogP contribution in [0.1, 0.15) is 44.9 Å². The van der Waals surface area contributed by atoms with Gasteiger partial charge in [0, 0.05) is 25.6 Å². The number of carbonyl (C=O) groups excluding carboxylic acids is 1. The molecule has 4 rings (SSSR count). The Morgan fingerprint density at radius 2 is 1.89 bits per heavy atom. The molecule has 0 N–H and O–H groups in total. The van der Waals surface area contributed by atoms with Crippen LogP contribution in [0.5, 0.6) is 5.75 Å². The Balaban J connectivity index is 1.23. The molecule has 1 spiro atoms. The SMILES string of the molecule is O=C(C1CC=CC1)N1CCC2(CC1)CC(CCOc1ccc(F)cc1)CCO2. The van der Waals surface area contributed by atoms with Gasteiger partial charge in [0.2, 0.25) is 5.91 Å². The van der Waals surface area contributed by atoms with Crippen molar-refractivity contribution in [3.05, 3.63) is 42.2 Å². The number of rotatable bonds is 5. The molecule has 1 unspecified atom stereocenters. The highest BCUT2D eigenvalue weighted by atomic mass is 19.1. The second-order valence-corrected chi connectivity index (χ2v) is 8.45. The average Bonchev–Trinajstić information content (AvgIpc) is 3.25. The van der Waals surface area contributed by atoms with Gasteiger partial charge in [0.25, 0.3) is 0 Å². The molecule has 152 valence electrons. The molecule has 1 amide bonds. The molecule has 0 radical (unpaired) electrons. The van der Waals surface area contributed by atoms with Gasteiger partial charge in [-0.15, -0.1) is 0 Å². The molecular weight excluding hydrogens is 357 g/mol. The first-order valence-corrected chi connectivity index (χ1v) is 10.6. The van der Waals surface area contributed by atoms with Gasteiger partial charge >= 0.3 is 0 Å². The van der Waals surface area contributed by atoms with E-state index in [4.69, 9.17) is 9.47 Å². The Bertz CT molecular complexity index is 686. The van der Waals surface area contributed by atoms with E-state index < -0.39 is 0 Å². The minimum absolute atomic E-state index is 0.0660. The molecule has 28 heavy (non-hydrogen) atoms. The molecule has 3 aliphatic rings. The fourth-order valence-corrected chi connectivity index (χ4v) is 4.81. The van der Waals surface area contributed by atoms with Gasteiger partial charge in [0.05, 0.1) is 12.2 Å². The van der Waals surface area contributed by atoms with E-state index >= 15 is 0 Å². The van der Waals surface area contributed by atoms with Crippen LogP contribution in [0.2, 0.25) is 0 Å². The monoisotopic (exact) mass is 387 g/mol. The van der Waals surface area contributed by atoms with Crippen molar-refractivity contribution >= 4 is 5.91 Å². The van der Waals surface area contributed by atoms with E-state index in [-0.39, 0.29) is 17.3 Å². The van der Waals surface area contributed by atoms with E-state index in [0.29, 0.717) is 18.4 Å². The van der Waals surface area contributed by atoms with Crippen LogP contribution in [0.3, 0.4) is 0 Å². The van der Waals surface area contributed by atoms with Gasteiger partial charge in [0.1, 0.15) is 11.6 Å². The zero-order valence-corrected chi connectivity index (χ0v) is 16.4. The lowest BCUT2D eigenvalue weighted by atomic mass is 9.78. The molecular formula is C23H30FNO3. The molecule has 0 aromatic heterocycles. The number of carbonyl (C=O) groups is 1. The Labute approximate surface area is 166 Å². The van der Waals surface area contributed by atoms with E-state index in [1.165, 1.54) is 12.1 Å². The summed E-state index contributed by atoms with van der Waals surface area (Å²) >= 11 is 0. The van der Waals surface area contributed by atoms with Crippen LogP contribution < -0.4 is 4.74 Å². The maximum atomic E-state index is 13.0. The number of hydrogen-bond acceptors (Lipinski definition) is 3. The molecule has 0 saturated carbocycles. The Morgan fingerprint density at radius 3 is 2.61 bits per heavy atom. The molecule has 1 atom stereocenters. The van der Waals surface area contributed by atoms with Crippen molar-refractivity contribution in [2.75, 3.05) is 26.3 Å². The van der Waals surface area contributed by atoms with Crippen molar-refractivity contribution < 1.29 is 18.7 Å². The molecule has 2 fully saturated rings. The van der Waals surface area contributed by atoms with Gasteiger partial charge < -0.3 is 14.4 Å². The fourth-order valence-electron chi connectivity index (χ4n) is 4.81. The molecule has 1 aromatic carbocycles. The first-order chi connectivity index (χ1) is 13.6. The van der Waals surface area contributed by atoms with Crippen LogP contribution in [-0.2, 0) is 9.53 Å². The minimum atomic E-state index is -0.243. The fraction of sp³-hybridized carbons (Fsp3) is 0.609. The summed E-state index contributed by atoms with van der Waals surface area (Å²) in [6, 6.07) is 6.20. The Hall–Kier alpha value is -1.88. The van der Waals surface area contributed by atoms with Crippen molar-refractivity contribution in [3.8, 4) is 5.75 Å². The standard InChI is InChI=1S/C23H30FNO3/c24-20-5-7-21(8-6-20)27-15-9-18-10-16-28-23(17-18)11-13-25(14-12-23)22(26)19-3-1-2-4-19/h1-2,5-8,18-19H,3-4,9-17H2. The zero-order chi connectivity index (χ0) is 19.4. The summed E-state index contributed by atoms with van der Waals surface area (Å²) in [7, 11) is 0. The first kappa shape index (κ1) is 19.4. The second kappa shape index (κ2) is 8.64. The maximum Gasteiger partial charge on any atom is 0.226 e. The largest absolute Gasteiger partial charge is 0.494 e. The van der Waals surface area contributed by atoms with Crippen LogP contribution in [0.25, 0.3) is 0 Å². The van der Waals surface area contributed by atoms with Crippen LogP contribution in [0.4, 0.5) is 4.39 Å². The third-order valence-electron chi connectivity index (χ3n) is 6.55. The zero-order valence-electron chi connectivity index (χ0n) is 16.4. The number of ether oxygens (including phenoxy) is 2. The van der Waals surface area contributed by atoms with Crippen molar-refractivity contribution in [2.24, 2.45) is 11.8 Å². The molecule has 2 aliphatic heterocycles.